The molecule has 0 spiro atoms. The van der Waals surface area contributed by atoms with Gasteiger partial charge in [-0.25, -0.2) is 4.98 Å². The number of nitrogens with zero attached hydrogens (tertiary/aromatic N) is 3. The molecule has 3 aromatic rings. The Morgan fingerprint density at radius 1 is 1.25 bits per heavy atom. The average molecular weight is 235 g/mol. The number of aromatic nitrogens is 3. The summed E-state index contributed by atoms with van der Waals surface area (Å²) in [6.07, 6.45) is 1.78. The summed E-state index contributed by atoms with van der Waals surface area (Å²) in [5, 5.41) is 1.04. The molecular formula is C11H11ClN4. The number of pyridine rings is 1. The number of anilines is 1. The van der Waals surface area contributed by atoms with Crippen LogP contribution in [0.25, 0.3) is 21.9 Å². The number of imidazole rings is 1. The Kier molecular flexibility index (Phi) is 2.44. The number of nitrogens with two attached hydrogens (primary N) is 1. The average Bonchev–Trinajstić information content (AvgIpc) is 2.56. The molecule has 0 atom stereocenters. The summed E-state index contributed by atoms with van der Waals surface area (Å²) in [4.78, 5) is 8.62. The first kappa shape index (κ1) is 10.7. The van der Waals surface area contributed by atoms with E-state index in [0.717, 1.165) is 21.9 Å². The molecule has 82 valence electrons. The largest absolute Gasteiger partial charge is 0.369 e. The summed E-state index contributed by atoms with van der Waals surface area (Å²) in [5.74, 6) is 0.529. The molecule has 2 aromatic heterocycles. The van der Waals surface area contributed by atoms with E-state index in [-0.39, 0.29) is 12.4 Å². The van der Waals surface area contributed by atoms with Crippen LogP contribution in [-0.2, 0) is 7.05 Å². The molecule has 0 saturated carbocycles. The van der Waals surface area contributed by atoms with Gasteiger partial charge in [-0.15, -0.1) is 12.4 Å². The molecule has 4 nitrogen and oxygen atoms in total. The number of rotatable bonds is 0. The molecule has 16 heavy (non-hydrogen) atoms. The van der Waals surface area contributed by atoms with Gasteiger partial charge in [-0.3, -0.25) is 4.98 Å². The van der Waals surface area contributed by atoms with Gasteiger partial charge < -0.3 is 10.3 Å². The van der Waals surface area contributed by atoms with Crippen LogP contribution in [0.1, 0.15) is 0 Å². The molecule has 0 bridgehead atoms. The summed E-state index contributed by atoms with van der Waals surface area (Å²) >= 11 is 0. The minimum atomic E-state index is 0. The highest BCUT2D eigenvalue weighted by atomic mass is 35.5. The Labute approximate surface area is 98.5 Å². The minimum Gasteiger partial charge on any atom is -0.369 e. The predicted octanol–water partition coefficient (Wildman–Crippen LogP) is 2.13. The van der Waals surface area contributed by atoms with Crippen LogP contribution >= 0.6 is 12.4 Å². The molecule has 2 heterocycles. The highest BCUT2D eigenvalue weighted by Crippen LogP contribution is 2.24. The Hall–Kier alpha value is -1.81. The van der Waals surface area contributed by atoms with Gasteiger partial charge in [0, 0.05) is 18.6 Å². The molecule has 0 aliphatic carbocycles. The van der Waals surface area contributed by atoms with Gasteiger partial charge in [-0.1, -0.05) is 0 Å². The number of hydrogen-bond donors (Lipinski definition) is 1. The molecule has 0 fully saturated rings. The summed E-state index contributed by atoms with van der Waals surface area (Å²) in [5.41, 5.74) is 8.67. The topological polar surface area (TPSA) is 56.7 Å². The van der Waals surface area contributed by atoms with E-state index in [4.69, 9.17) is 5.73 Å². The van der Waals surface area contributed by atoms with Crippen LogP contribution in [-0.4, -0.2) is 14.5 Å². The number of nitrogen functional groups attached to an aromatic ring is 1. The fourth-order valence-corrected chi connectivity index (χ4v) is 1.83. The summed E-state index contributed by atoms with van der Waals surface area (Å²) in [6.45, 7) is 0. The van der Waals surface area contributed by atoms with E-state index in [0.29, 0.717) is 5.95 Å². The maximum absolute atomic E-state index is 5.78. The SMILES string of the molecule is Cl.Cn1c(N)nc2c3cccnc3ccc21. The smallest absolute Gasteiger partial charge is 0.200 e. The molecule has 1 aromatic carbocycles. The number of fused-ring (bicyclic) bond motifs is 3. The Balaban J connectivity index is 0.000000963. The zero-order valence-corrected chi connectivity index (χ0v) is 9.53. The summed E-state index contributed by atoms with van der Waals surface area (Å²) in [6, 6.07) is 7.90. The summed E-state index contributed by atoms with van der Waals surface area (Å²) < 4.78 is 1.88. The van der Waals surface area contributed by atoms with E-state index in [9.17, 15) is 0 Å². The van der Waals surface area contributed by atoms with Gasteiger partial charge in [0.15, 0.2) is 0 Å². The van der Waals surface area contributed by atoms with E-state index in [1.54, 1.807) is 6.20 Å². The monoisotopic (exact) mass is 234 g/mol. The molecule has 0 amide bonds. The zero-order valence-electron chi connectivity index (χ0n) is 8.71. The van der Waals surface area contributed by atoms with Gasteiger partial charge >= 0.3 is 0 Å². The lowest BCUT2D eigenvalue weighted by molar-refractivity contribution is 0.965. The van der Waals surface area contributed by atoms with Crippen molar-refractivity contribution in [3.8, 4) is 0 Å². The highest BCUT2D eigenvalue weighted by Gasteiger charge is 2.07. The van der Waals surface area contributed by atoms with Crippen LogP contribution in [0.15, 0.2) is 30.5 Å². The van der Waals surface area contributed by atoms with Crippen molar-refractivity contribution in [2.75, 3.05) is 5.73 Å². The van der Waals surface area contributed by atoms with Crippen LogP contribution in [0.5, 0.6) is 0 Å². The van der Waals surface area contributed by atoms with Crippen molar-refractivity contribution >= 4 is 40.3 Å². The van der Waals surface area contributed by atoms with Gasteiger partial charge in [0.1, 0.15) is 5.52 Å². The molecule has 0 radical (unpaired) electrons. The predicted molar refractivity (Wildman–Crippen MR) is 67.7 cm³/mol. The Morgan fingerprint density at radius 3 is 2.88 bits per heavy atom. The number of halogens is 1. The third-order valence-electron chi connectivity index (χ3n) is 2.67. The Bertz CT molecular complexity index is 659. The van der Waals surface area contributed by atoms with Gasteiger partial charge in [0.05, 0.1) is 11.0 Å². The Morgan fingerprint density at radius 2 is 2.06 bits per heavy atom. The molecule has 2 N–H and O–H groups in total. The quantitative estimate of drug-likeness (QED) is 0.648. The van der Waals surface area contributed by atoms with E-state index in [1.807, 2.05) is 35.9 Å². The molecule has 3 rings (SSSR count). The molecule has 0 unspecified atom stereocenters. The van der Waals surface area contributed by atoms with Crippen molar-refractivity contribution in [1.82, 2.24) is 14.5 Å². The van der Waals surface area contributed by atoms with E-state index in [2.05, 4.69) is 9.97 Å². The number of hydrogen-bond acceptors (Lipinski definition) is 3. The molecule has 5 heteroatoms. The minimum absolute atomic E-state index is 0. The van der Waals surface area contributed by atoms with E-state index >= 15 is 0 Å². The first-order valence-electron chi connectivity index (χ1n) is 4.73. The first-order chi connectivity index (χ1) is 7.27. The lowest BCUT2D eigenvalue weighted by Crippen LogP contribution is -1.95. The van der Waals surface area contributed by atoms with Crippen molar-refractivity contribution in [3.63, 3.8) is 0 Å². The van der Waals surface area contributed by atoms with E-state index in [1.165, 1.54) is 0 Å². The molecule has 0 aliphatic heterocycles. The van der Waals surface area contributed by atoms with Gasteiger partial charge in [-0.2, -0.15) is 0 Å². The second-order valence-electron chi connectivity index (χ2n) is 3.53. The zero-order chi connectivity index (χ0) is 10.4. The fourth-order valence-electron chi connectivity index (χ4n) is 1.83. The standard InChI is InChI=1S/C11H10N4.ClH/c1-15-9-5-4-8-7(3-2-6-13-8)10(9)14-11(15)12;/h2-6H,1H3,(H2,12,14);1H. The van der Waals surface area contributed by atoms with Crippen LogP contribution in [0.4, 0.5) is 5.95 Å². The van der Waals surface area contributed by atoms with Crippen molar-refractivity contribution in [1.29, 1.82) is 0 Å². The maximum Gasteiger partial charge on any atom is 0.200 e. The van der Waals surface area contributed by atoms with Crippen LogP contribution < -0.4 is 5.73 Å². The number of benzene rings is 1. The van der Waals surface area contributed by atoms with Crippen molar-refractivity contribution in [3.05, 3.63) is 30.5 Å². The lowest BCUT2D eigenvalue weighted by Gasteiger charge is -1.98. The molecule has 0 aliphatic rings. The van der Waals surface area contributed by atoms with E-state index < -0.39 is 0 Å². The van der Waals surface area contributed by atoms with Crippen LogP contribution in [0.3, 0.4) is 0 Å². The van der Waals surface area contributed by atoms with Gasteiger partial charge in [0.2, 0.25) is 5.95 Å². The van der Waals surface area contributed by atoms with Crippen molar-refractivity contribution in [2.45, 2.75) is 0 Å². The number of aryl methyl sites for hydroxylation is 1. The molecular weight excluding hydrogens is 224 g/mol. The van der Waals surface area contributed by atoms with Gasteiger partial charge in [0.25, 0.3) is 0 Å². The maximum atomic E-state index is 5.78. The third-order valence-corrected chi connectivity index (χ3v) is 2.67. The fraction of sp³-hybridized carbons (Fsp3) is 0.0909. The normalized spacial score (nSPS) is 10.6. The van der Waals surface area contributed by atoms with Crippen LogP contribution in [0.2, 0.25) is 0 Å². The van der Waals surface area contributed by atoms with Gasteiger partial charge in [-0.05, 0) is 24.3 Å². The second kappa shape index (κ2) is 3.64. The second-order valence-corrected chi connectivity index (χ2v) is 3.53. The highest BCUT2D eigenvalue weighted by molar-refractivity contribution is 6.03. The molecule has 0 saturated heterocycles. The van der Waals surface area contributed by atoms with Crippen LogP contribution in [0, 0.1) is 0 Å². The lowest BCUT2D eigenvalue weighted by atomic mass is 10.2. The van der Waals surface area contributed by atoms with Crippen molar-refractivity contribution < 1.29 is 0 Å². The first-order valence-corrected chi connectivity index (χ1v) is 4.73. The van der Waals surface area contributed by atoms with Crippen molar-refractivity contribution in [2.24, 2.45) is 7.05 Å². The third kappa shape index (κ3) is 1.31. The summed E-state index contributed by atoms with van der Waals surface area (Å²) in [7, 11) is 1.91.